The van der Waals surface area contributed by atoms with Gasteiger partial charge in [0.25, 0.3) is 5.69 Å². The Kier molecular flexibility index (Phi) is 4.77. The molecule has 0 aliphatic rings. The van der Waals surface area contributed by atoms with Crippen molar-refractivity contribution in [3.8, 4) is 5.75 Å². The maximum absolute atomic E-state index is 10.9. The molecule has 0 spiro atoms. The zero-order valence-electron chi connectivity index (χ0n) is 10.6. The molecule has 0 heterocycles. The van der Waals surface area contributed by atoms with Crippen molar-refractivity contribution in [3.63, 3.8) is 0 Å². The van der Waals surface area contributed by atoms with E-state index in [1.54, 1.807) is 12.1 Å². The second-order valence-corrected chi connectivity index (χ2v) is 6.01. The largest absolute Gasteiger partial charge is 0.489 e. The molecule has 0 saturated heterocycles. The van der Waals surface area contributed by atoms with Gasteiger partial charge in [0, 0.05) is 10.5 Å². The van der Waals surface area contributed by atoms with Crippen molar-refractivity contribution < 1.29 is 9.66 Å². The Morgan fingerprint density at radius 3 is 2.60 bits per heavy atom. The fourth-order valence-corrected chi connectivity index (χ4v) is 2.59. The van der Waals surface area contributed by atoms with Crippen LogP contribution in [0, 0.1) is 17.0 Å². The summed E-state index contributed by atoms with van der Waals surface area (Å²) >= 11 is 6.55. The summed E-state index contributed by atoms with van der Waals surface area (Å²) in [6.07, 6.45) is 0. The third kappa shape index (κ3) is 3.58. The van der Waals surface area contributed by atoms with Crippen molar-refractivity contribution in [1.29, 1.82) is 0 Å². The normalized spacial score (nSPS) is 10.3. The highest BCUT2D eigenvalue weighted by atomic mass is 79.9. The molecule has 2 aromatic rings. The van der Waals surface area contributed by atoms with E-state index in [1.807, 2.05) is 25.1 Å². The third-order valence-electron chi connectivity index (χ3n) is 2.74. The molecule has 20 heavy (non-hydrogen) atoms. The summed E-state index contributed by atoms with van der Waals surface area (Å²) in [6.45, 7) is 2.24. The van der Waals surface area contributed by atoms with Crippen LogP contribution in [0.4, 0.5) is 5.69 Å². The summed E-state index contributed by atoms with van der Waals surface area (Å²) < 4.78 is 7.15. The number of aryl methyl sites for hydroxylation is 1. The Morgan fingerprint density at radius 1 is 1.20 bits per heavy atom. The lowest BCUT2D eigenvalue weighted by molar-refractivity contribution is -0.385. The first kappa shape index (κ1) is 15.0. The van der Waals surface area contributed by atoms with Crippen LogP contribution in [0.1, 0.15) is 11.1 Å². The van der Waals surface area contributed by atoms with Gasteiger partial charge in [0.1, 0.15) is 12.4 Å². The lowest BCUT2D eigenvalue weighted by Crippen LogP contribution is -1.98. The molecular formula is C14H11Br2NO3. The lowest BCUT2D eigenvalue weighted by atomic mass is 10.2. The number of rotatable bonds is 4. The molecule has 0 aromatic heterocycles. The molecule has 2 rings (SSSR count). The van der Waals surface area contributed by atoms with Crippen LogP contribution >= 0.6 is 31.9 Å². The Morgan fingerprint density at radius 2 is 1.95 bits per heavy atom. The van der Waals surface area contributed by atoms with Crippen molar-refractivity contribution >= 4 is 37.5 Å². The molecule has 104 valence electrons. The van der Waals surface area contributed by atoms with Gasteiger partial charge in [0.2, 0.25) is 0 Å². The molecule has 0 saturated carbocycles. The first-order chi connectivity index (χ1) is 9.47. The minimum atomic E-state index is -0.418. The summed E-state index contributed by atoms with van der Waals surface area (Å²) in [5, 5.41) is 10.9. The molecule has 0 amide bonds. The SMILES string of the molecule is Cc1cc(Br)ccc1OCc1ccc(Br)c([N+](=O)[O-])c1. The number of hydrogen-bond acceptors (Lipinski definition) is 3. The maximum atomic E-state index is 10.9. The fourth-order valence-electron chi connectivity index (χ4n) is 1.72. The van der Waals surface area contributed by atoms with Crippen molar-refractivity contribution in [2.45, 2.75) is 13.5 Å². The minimum absolute atomic E-state index is 0.0404. The van der Waals surface area contributed by atoms with E-state index in [0.29, 0.717) is 4.47 Å². The summed E-state index contributed by atoms with van der Waals surface area (Å²) in [6, 6.07) is 10.7. The van der Waals surface area contributed by atoms with Gasteiger partial charge in [0.15, 0.2) is 0 Å². The quantitative estimate of drug-likeness (QED) is 0.535. The van der Waals surface area contributed by atoms with Gasteiger partial charge < -0.3 is 4.74 Å². The predicted octanol–water partition coefficient (Wildman–Crippen LogP) is 5.01. The molecule has 0 aliphatic heterocycles. The van der Waals surface area contributed by atoms with Crippen molar-refractivity contribution in [2.75, 3.05) is 0 Å². The highest BCUT2D eigenvalue weighted by molar-refractivity contribution is 9.10. The van der Waals surface area contributed by atoms with Crippen LogP contribution in [-0.4, -0.2) is 4.92 Å². The van der Waals surface area contributed by atoms with E-state index in [0.717, 1.165) is 21.3 Å². The van der Waals surface area contributed by atoms with Gasteiger partial charge in [0.05, 0.1) is 9.40 Å². The number of nitrogens with zero attached hydrogens (tertiary/aromatic N) is 1. The van der Waals surface area contributed by atoms with E-state index in [1.165, 1.54) is 6.07 Å². The first-order valence-electron chi connectivity index (χ1n) is 5.79. The second kappa shape index (κ2) is 6.37. The Bertz CT molecular complexity index is 659. The van der Waals surface area contributed by atoms with Crippen LogP contribution in [0.3, 0.4) is 0 Å². The number of benzene rings is 2. The zero-order chi connectivity index (χ0) is 14.7. The molecule has 0 atom stereocenters. The Labute approximate surface area is 133 Å². The summed E-state index contributed by atoms with van der Waals surface area (Å²) in [5.74, 6) is 0.763. The highest BCUT2D eigenvalue weighted by Gasteiger charge is 2.12. The van der Waals surface area contributed by atoms with E-state index < -0.39 is 4.92 Å². The Hall–Kier alpha value is -1.40. The summed E-state index contributed by atoms with van der Waals surface area (Å²) in [7, 11) is 0. The van der Waals surface area contributed by atoms with Gasteiger partial charge in [-0.3, -0.25) is 10.1 Å². The number of nitro groups is 1. The molecule has 0 radical (unpaired) electrons. The van der Waals surface area contributed by atoms with Gasteiger partial charge in [-0.1, -0.05) is 22.0 Å². The predicted molar refractivity (Wildman–Crippen MR) is 84.0 cm³/mol. The van der Waals surface area contributed by atoms with E-state index in [2.05, 4.69) is 31.9 Å². The molecule has 0 N–H and O–H groups in total. The van der Waals surface area contributed by atoms with E-state index in [9.17, 15) is 10.1 Å². The average molecular weight is 401 g/mol. The fraction of sp³-hybridized carbons (Fsp3) is 0.143. The maximum Gasteiger partial charge on any atom is 0.283 e. The van der Waals surface area contributed by atoms with Crippen LogP contribution < -0.4 is 4.74 Å². The van der Waals surface area contributed by atoms with Crippen molar-refractivity contribution in [3.05, 3.63) is 66.6 Å². The van der Waals surface area contributed by atoms with Gasteiger partial charge in [-0.25, -0.2) is 0 Å². The number of halogens is 2. The van der Waals surface area contributed by atoms with Gasteiger partial charge in [-0.05, 0) is 58.2 Å². The van der Waals surface area contributed by atoms with Gasteiger partial charge >= 0.3 is 0 Å². The van der Waals surface area contributed by atoms with Gasteiger partial charge in [-0.2, -0.15) is 0 Å². The lowest BCUT2D eigenvalue weighted by Gasteiger charge is -2.09. The summed E-state index contributed by atoms with van der Waals surface area (Å²) in [5.41, 5.74) is 1.80. The molecule has 0 fully saturated rings. The van der Waals surface area contributed by atoms with Crippen LogP contribution in [0.15, 0.2) is 45.3 Å². The zero-order valence-corrected chi connectivity index (χ0v) is 13.8. The van der Waals surface area contributed by atoms with Crippen molar-refractivity contribution in [1.82, 2.24) is 0 Å². The van der Waals surface area contributed by atoms with Crippen LogP contribution in [-0.2, 0) is 6.61 Å². The molecule has 0 bridgehead atoms. The average Bonchev–Trinajstić information content (AvgIpc) is 2.39. The topological polar surface area (TPSA) is 52.4 Å². The van der Waals surface area contributed by atoms with Gasteiger partial charge in [-0.15, -0.1) is 0 Å². The van der Waals surface area contributed by atoms with E-state index >= 15 is 0 Å². The van der Waals surface area contributed by atoms with E-state index in [4.69, 9.17) is 4.74 Å². The molecule has 0 unspecified atom stereocenters. The number of nitro benzene ring substituents is 1. The third-order valence-corrected chi connectivity index (χ3v) is 3.90. The van der Waals surface area contributed by atoms with Crippen LogP contribution in [0.25, 0.3) is 0 Å². The molecular weight excluding hydrogens is 390 g/mol. The minimum Gasteiger partial charge on any atom is -0.489 e. The van der Waals surface area contributed by atoms with Crippen LogP contribution in [0.5, 0.6) is 5.75 Å². The smallest absolute Gasteiger partial charge is 0.283 e. The van der Waals surface area contributed by atoms with E-state index in [-0.39, 0.29) is 12.3 Å². The first-order valence-corrected chi connectivity index (χ1v) is 7.38. The molecule has 6 heteroatoms. The Balaban J connectivity index is 2.15. The number of ether oxygens (including phenoxy) is 1. The van der Waals surface area contributed by atoms with Crippen LogP contribution in [0.2, 0.25) is 0 Å². The molecule has 0 aliphatic carbocycles. The second-order valence-electron chi connectivity index (χ2n) is 4.24. The van der Waals surface area contributed by atoms with Crippen molar-refractivity contribution in [2.24, 2.45) is 0 Å². The monoisotopic (exact) mass is 399 g/mol. The molecule has 2 aromatic carbocycles. The summed E-state index contributed by atoms with van der Waals surface area (Å²) in [4.78, 5) is 10.5. The highest BCUT2D eigenvalue weighted by Crippen LogP contribution is 2.27. The molecule has 4 nitrogen and oxygen atoms in total. The number of hydrogen-bond donors (Lipinski definition) is 0. The standard InChI is InChI=1S/C14H11Br2NO3/c1-9-6-11(15)3-5-14(9)20-8-10-2-4-12(16)13(7-10)17(18)19/h2-7H,8H2,1H3.